The molecule has 1 aromatic heterocycles. The van der Waals surface area contributed by atoms with Crippen molar-refractivity contribution in [1.29, 1.82) is 0 Å². The highest BCUT2D eigenvalue weighted by Gasteiger charge is 2.16. The van der Waals surface area contributed by atoms with E-state index in [1.807, 2.05) is 13.8 Å². The van der Waals surface area contributed by atoms with Crippen LogP contribution in [0, 0.1) is 5.92 Å². The van der Waals surface area contributed by atoms with Gasteiger partial charge in [-0.25, -0.2) is 9.97 Å². The molecule has 7 heteroatoms. The number of carbonyl (C=O) groups excluding carboxylic acids is 1. The molecule has 1 amide bonds. The van der Waals surface area contributed by atoms with Crippen LogP contribution in [-0.4, -0.2) is 21.9 Å². The highest BCUT2D eigenvalue weighted by atomic mass is 35.5. The number of amides is 1. The molecule has 0 aromatic carbocycles. The van der Waals surface area contributed by atoms with E-state index in [1.54, 1.807) is 0 Å². The molecule has 0 aliphatic carbocycles. The summed E-state index contributed by atoms with van der Waals surface area (Å²) in [5.74, 6) is 0.275. The van der Waals surface area contributed by atoms with E-state index in [0.717, 1.165) is 0 Å². The molecule has 0 bridgehead atoms. The van der Waals surface area contributed by atoms with E-state index in [1.165, 1.54) is 6.07 Å². The summed E-state index contributed by atoms with van der Waals surface area (Å²) in [5, 5.41) is 2.69. The maximum absolute atomic E-state index is 11.7. The number of rotatable bonds is 4. The zero-order chi connectivity index (χ0) is 13.0. The number of halogens is 2. The lowest BCUT2D eigenvalue weighted by Crippen LogP contribution is -2.36. The fourth-order valence-corrected chi connectivity index (χ4v) is 1.70. The molecule has 1 unspecified atom stereocenters. The third-order valence-corrected chi connectivity index (χ3v) is 2.34. The van der Waals surface area contributed by atoms with Gasteiger partial charge in [0.2, 0.25) is 11.2 Å². The van der Waals surface area contributed by atoms with Crippen molar-refractivity contribution < 1.29 is 4.79 Å². The third kappa shape index (κ3) is 4.85. The Balaban J connectivity index is 2.67. The Hall–Kier alpha value is -0.910. The van der Waals surface area contributed by atoms with Crippen molar-refractivity contribution in [1.82, 2.24) is 9.97 Å². The Kier molecular flexibility index (Phi) is 5.11. The zero-order valence-corrected chi connectivity index (χ0v) is 11.1. The normalized spacial score (nSPS) is 12.6. The SMILES string of the molecule is CC(C)CC(N)C(=O)Nc1cc(Cl)nc(Cl)n1. The van der Waals surface area contributed by atoms with E-state index in [0.29, 0.717) is 12.3 Å². The van der Waals surface area contributed by atoms with Gasteiger partial charge in [0.15, 0.2) is 0 Å². The predicted molar refractivity (Wildman–Crippen MR) is 68.1 cm³/mol. The topological polar surface area (TPSA) is 80.9 Å². The maximum atomic E-state index is 11.7. The number of anilines is 1. The van der Waals surface area contributed by atoms with Gasteiger partial charge in [0, 0.05) is 6.07 Å². The van der Waals surface area contributed by atoms with Gasteiger partial charge in [0.25, 0.3) is 0 Å². The van der Waals surface area contributed by atoms with Crippen molar-refractivity contribution in [3.63, 3.8) is 0 Å². The monoisotopic (exact) mass is 276 g/mol. The second-order valence-electron chi connectivity index (χ2n) is 4.07. The smallest absolute Gasteiger partial charge is 0.242 e. The summed E-state index contributed by atoms with van der Waals surface area (Å²) in [5.41, 5.74) is 5.72. The van der Waals surface area contributed by atoms with Crippen LogP contribution in [0.1, 0.15) is 20.3 Å². The molecule has 1 aromatic rings. The van der Waals surface area contributed by atoms with Crippen LogP contribution in [-0.2, 0) is 4.79 Å². The fraction of sp³-hybridized carbons (Fsp3) is 0.500. The average molecular weight is 277 g/mol. The van der Waals surface area contributed by atoms with E-state index in [2.05, 4.69) is 15.3 Å². The predicted octanol–water partition coefficient (Wildman–Crippen LogP) is 2.10. The molecule has 0 saturated heterocycles. The van der Waals surface area contributed by atoms with E-state index < -0.39 is 6.04 Å². The fourth-order valence-electron chi connectivity index (χ4n) is 1.29. The van der Waals surface area contributed by atoms with Gasteiger partial charge in [-0.05, 0) is 23.9 Å². The Morgan fingerprint density at radius 3 is 2.65 bits per heavy atom. The number of aromatic nitrogens is 2. The van der Waals surface area contributed by atoms with Crippen LogP contribution in [0.15, 0.2) is 6.07 Å². The van der Waals surface area contributed by atoms with Crippen molar-refractivity contribution in [2.75, 3.05) is 5.32 Å². The molecule has 0 aliphatic heterocycles. The van der Waals surface area contributed by atoms with Crippen molar-refractivity contribution in [3.05, 3.63) is 16.5 Å². The summed E-state index contributed by atoms with van der Waals surface area (Å²) in [4.78, 5) is 19.2. The Morgan fingerprint density at radius 2 is 2.12 bits per heavy atom. The molecule has 1 rings (SSSR count). The maximum Gasteiger partial charge on any atom is 0.242 e. The minimum absolute atomic E-state index is 0.0229. The van der Waals surface area contributed by atoms with Crippen LogP contribution < -0.4 is 11.1 Å². The van der Waals surface area contributed by atoms with Gasteiger partial charge < -0.3 is 11.1 Å². The molecular formula is C10H14Cl2N4O. The first-order valence-electron chi connectivity index (χ1n) is 5.15. The number of nitrogens with one attached hydrogen (secondary N) is 1. The quantitative estimate of drug-likeness (QED) is 0.652. The molecule has 5 nitrogen and oxygen atoms in total. The molecule has 0 fully saturated rings. The molecule has 0 saturated carbocycles. The Labute approximate surface area is 110 Å². The number of hydrogen-bond donors (Lipinski definition) is 2. The van der Waals surface area contributed by atoms with Crippen LogP contribution in [0.2, 0.25) is 10.4 Å². The highest BCUT2D eigenvalue weighted by Crippen LogP contribution is 2.14. The lowest BCUT2D eigenvalue weighted by molar-refractivity contribution is -0.117. The number of nitrogens with zero attached hydrogens (tertiary/aromatic N) is 2. The molecule has 0 spiro atoms. The molecule has 0 aliphatic rings. The van der Waals surface area contributed by atoms with E-state index in [9.17, 15) is 4.79 Å². The average Bonchev–Trinajstić information content (AvgIpc) is 2.14. The molecular weight excluding hydrogens is 263 g/mol. The van der Waals surface area contributed by atoms with Crippen LogP contribution in [0.25, 0.3) is 0 Å². The van der Waals surface area contributed by atoms with Gasteiger partial charge in [0.05, 0.1) is 6.04 Å². The van der Waals surface area contributed by atoms with Gasteiger partial charge in [-0.2, -0.15) is 0 Å². The van der Waals surface area contributed by atoms with Gasteiger partial charge >= 0.3 is 0 Å². The first-order valence-corrected chi connectivity index (χ1v) is 5.90. The first kappa shape index (κ1) is 14.2. The summed E-state index contributed by atoms with van der Waals surface area (Å²) in [7, 11) is 0. The van der Waals surface area contributed by atoms with Crippen molar-refractivity contribution in [2.45, 2.75) is 26.3 Å². The summed E-state index contributed by atoms with van der Waals surface area (Å²) in [6.45, 7) is 3.98. The van der Waals surface area contributed by atoms with Crippen LogP contribution in [0.5, 0.6) is 0 Å². The summed E-state index contributed by atoms with van der Waals surface area (Å²) in [6.07, 6.45) is 0.596. The van der Waals surface area contributed by atoms with Gasteiger partial charge in [-0.1, -0.05) is 25.4 Å². The first-order chi connectivity index (χ1) is 7.88. The second kappa shape index (κ2) is 6.14. The van der Waals surface area contributed by atoms with Gasteiger partial charge in [-0.15, -0.1) is 0 Å². The van der Waals surface area contributed by atoms with E-state index in [4.69, 9.17) is 28.9 Å². The standard InChI is InChI=1S/C10H14Cl2N4O/c1-5(2)3-6(13)9(17)15-8-4-7(11)14-10(12)16-8/h4-6H,3,13H2,1-2H3,(H,14,15,16,17). The summed E-state index contributed by atoms with van der Waals surface area (Å²) in [6, 6.07) is 0.829. The lowest BCUT2D eigenvalue weighted by atomic mass is 10.0. The third-order valence-electron chi connectivity index (χ3n) is 1.98. The molecule has 0 radical (unpaired) electrons. The minimum Gasteiger partial charge on any atom is -0.320 e. The second-order valence-corrected chi connectivity index (χ2v) is 4.80. The van der Waals surface area contributed by atoms with Crippen molar-refractivity contribution in [3.8, 4) is 0 Å². The molecule has 1 atom stereocenters. The van der Waals surface area contributed by atoms with E-state index >= 15 is 0 Å². The molecule has 1 heterocycles. The highest BCUT2D eigenvalue weighted by molar-refractivity contribution is 6.32. The van der Waals surface area contributed by atoms with Gasteiger partial charge in [0.1, 0.15) is 11.0 Å². The van der Waals surface area contributed by atoms with Crippen LogP contribution in [0.3, 0.4) is 0 Å². The number of hydrogen-bond acceptors (Lipinski definition) is 4. The van der Waals surface area contributed by atoms with Crippen LogP contribution in [0.4, 0.5) is 5.82 Å². The minimum atomic E-state index is -0.581. The van der Waals surface area contributed by atoms with Crippen LogP contribution >= 0.6 is 23.2 Å². The lowest BCUT2D eigenvalue weighted by Gasteiger charge is -2.13. The number of carbonyl (C=O) groups is 1. The van der Waals surface area contributed by atoms with E-state index in [-0.39, 0.29) is 22.2 Å². The largest absolute Gasteiger partial charge is 0.320 e. The Morgan fingerprint density at radius 1 is 1.47 bits per heavy atom. The van der Waals surface area contributed by atoms with Crippen molar-refractivity contribution in [2.24, 2.45) is 11.7 Å². The molecule has 17 heavy (non-hydrogen) atoms. The Bertz CT molecular complexity index is 391. The summed E-state index contributed by atoms with van der Waals surface area (Å²) >= 11 is 11.3. The molecule has 3 N–H and O–H groups in total. The van der Waals surface area contributed by atoms with Gasteiger partial charge in [-0.3, -0.25) is 4.79 Å². The summed E-state index contributed by atoms with van der Waals surface area (Å²) < 4.78 is 0. The van der Waals surface area contributed by atoms with Crippen molar-refractivity contribution >= 4 is 34.9 Å². The number of nitrogens with two attached hydrogens (primary N) is 1. The molecule has 94 valence electrons. The zero-order valence-electron chi connectivity index (χ0n) is 9.58.